The molecule has 0 radical (unpaired) electrons. The van der Waals surface area contributed by atoms with E-state index in [1.165, 1.54) is 17.3 Å². The number of hydrogen-bond acceptors (Lipinski definition) is 4. The SMILES string of the molecule is CCCCOc1ccccc1/C=C1\SC(=Nc2ccc(C)cc2)NC1=O. The highest BCUT2D eigenvalue weighted by molar-refractivity contribution is 8.18. The lowest BCUT2D eigenvalue weighted by atomic mass is 10.2. The van der Waals surface area contributed by atoms with Crippen LogP contribution in [-0.2, 0) is 4.79 Å². The van der Waals surface area contributed by atoms with E-state index in [0.29, 0.717) is 16.7 Å². The van der Waals surface area contributed by atoms with Crippen molar-refractivity contribution in [3.8, 4) is 5.75 Å². The minimum atomic E-state index is -0.135. The molecular weight excluding hydrogens is 344 g/mol. The predicted molar refractivity (Wildman–Crippen MR) is 109 cm³/mol. The first kappa shape index (κ1) is 18.3. The quantitative estimate of drug-likeness (QED) is 0.574. The molecular formula is C21H22N2O2S. The first-order chi connectivity index (χ1) is 12.7. The third-order valence-electron chi connectivity index (χ3n) is 3.88. The highest BCUT2D eigenvalue weighted by atomic mass is 32.2. The molecule has 134 valence electrons. The van der Waals surface area contributed by atoms with Gasteiger partial charge in [0.25, 0.3) is 5.91 Å². The fourth-order valence-electron chi connectivity index (χ4n) is 2.42. The number of amides is 1. The zero-order chi connectivity index (χ0) is 18.4. The fourth-order valence-corrected chi connectivity index (χ4v) is 3.25. The summed E-state index contributed by atoms with van der Waals surface area (Å²) in [6.45, 7) is 4.84. The van der Waals surface area contributed by atoms with Crippen LogP contribution in [0.4, 0.5) is 5.69 Å². The van der Waals surface area contributed by atoms with Gasteiger partial charge in [-0.3, -0.25) is 4.79 Å². The Balaban J connectivity index is 1.77. The van der Waals surface area contributed by atoms with Crippen LogP contribution in [0.3, 0.4) is 0 Å². The Morgan fingerprint density at radius 2 is 1.92 bits per heavy atom. The van der Waals surface area contributed by atoms with E-state index in [-0.39, 0.29) is 5.91 Å². The van der Waals surface area contributed by atoms with Crippen LogP contribution in [-0.4, -0.2) is 17.7 Å². The first-order valence-electron chi connectivity index (χ1n) is 8.74. The highest BCUT2D eigenvalue weighted by Crippen LogP contribution is 2.30. The van der Waals surface area contributed by atoms with E-state index in [4.69, 9.17) is 4.74 Å². The molecule has 1 saturated heterocycles. The number of amidine groups is 1. The topological polar surface area (TPSA) is 50.7 Å². The van der Waals surface area contributed by atoms with Gasteiger partial charge in [0.2, 0.25) is 0 Å². The van der Waals surface area contributed by atoms with E-state index in [1.54, 1.807) is 0 Å². The number of unbranched alkanes of at least 4 members (excludes halogenated alkanes) is 1. The third kappa shape index (κ3) is 4.76. The maximum atomic E-state index is 12.3. The lowest BCUT2D eigenvalue weighted by Crippen LogP contribution is -2.19. The van der Waals surface area contributed by atoms with E-state index < -0.39 is 0 Å². The minimum absolute atomic E-state index is 0.135. The molecule has 1 aliphatic rings. The predicted octanol–water partition coefficient (Wildman–Crippen LogP) is 5.07. The Morgan fingerprint density at radius 3 is 2.69 bits per heavy atom. The minimum Gasteiger partial charge on any atom is -0.493 e. The maximum Gasteiger partial charge on any atom is 0.264 e. The van der Waals surface area contributed by atoms with Gasteiger partial charge in [-0.2, -0.15) is 0 Å². The highest BCUT2D eigenvalue weighted by Gasteiger charge is 2.24. The van der Waals surface area contributed by atoms with E-state index in [1.807, 2.05) is 61.5 Å². The lowest BCUT2D eigenvalue weighted by Gasteiger charge is -2.08. The Morgan fingerprint density at radius 1 is 1.15 bits per heavy atom. The van der Waals surface area contributed by atoms with Crippen molar-refractivity contribution in [3.05, 3.63) is 64.6 Å². The van der Waals surface area contributed by atoms with E-state index in [2.05, 4.69) is 17.2 Å². The fraction of sp³-hybridized carbons (Fsp3) is 0.238. The van der Waals surface area contributed by atoms with Crippen LogP contribution in [0.5, 0.6) is 5.75 Å². The Bertz CT molecular complexity index is 841. The molecule has 0 bridgehead atoms. The second-order valence-corrected chi connectivity index (χ2v) is 7.09. The van der Waals surface area contributed by atoms with Crippen LogP contribution in [0.2, 0.25) is 0 Å². The molecule has 5 heteroatoms. The molecule has 0 saturated carbocycles. The number of ether oxygens (including phenoxy) is 1. The number of rotatable bonds is 6. The van der Waals surface area contributed by atoms with Crippen molar-refractivity contribution in [1.29, 1.82) is 0 Å². The van der Waals surface area contributed by atoms with Gasteiger partial charge in [0.05, 0.1) is 17.2 Å². The third-order valence-corrected chi connectivity index (χ3v) is 4.79. The van der Waals surface area contributed by atoms with E-state index in [9.17, 15) is 4.79 Å². The first-order valence-corrected chi connectivity index (χ1v) is 9.55. The molecule has 4 nitrogen and oxygen atoms in total. The zero-order valence-electron chi connectivity index (χ0n) is 15.0. The van der Waals surface area contributed by atoms with Gasteiger partial charge in [0.15, 0.2) is 5.17 Å². The summed E-state index contributed by atoms with van der Waals surface area (Å²) in [6.07, 6.45) is 3.95. The number of carbonyl (C=O) groups is 1. The van der Waals surface area contributed by atoms with Crippen molar-refractivity contribution in [3.63, 3.8) is 0 Å². The number of nitrogens with one attached hydrogen (secondary N) is 1. The molecule has 0 atom stereocenters. The molecule has 2 aromatic rings. The van der Waals surface area contributed by atoms with Crippen LogP contribution in [0.15, 0.2) is 58.4 Å². The molecule has 0 spiro atoms. The van der Waals surface area contributed by atoms with Crippen LogP contribution >= 0.6 is 11.8 Å². The molecule has 1 N–H and O–H groups in total. The second-order valence-electron chi connectivity index (χ2n) is 6.06. The van der Waals surface area contributed by atoms with Crippen LogP contribution in [0, 0.1) is 6.92 Å². The average Bonchev–Trinajstić information content (AvgIpc) is 2.98. The number of para-hydroxylation sites is 1. The molecule has 0 aromatic heterocycles. The largest absolute Gasteiger partial charge is 0.493 e. The van der Waals surface area contributed by atoms with Gasteiger partial charge in [0.1, 0.15) is 5.75 Å². The summed E-state index contributed by atoms with van der Waals surface area (Å²) in [6, 6.07) is 15.6. The number of carbonyl (C=O) groups excluding carboxylic acids is 1. The van der Waals surface area contributed by atoms with Crippen molar-refractivity contribution in [1.82, 2.24) is 5.32 Å². The van der Waals surface area contributed by atoms with Crippen molar-refractivity contribution >= 4 is 34.6 Å². The molecule has 26 heavy (non-hydrogen) atoms. The van der Waals surface area contributed by atoms with Crippen LogP contribution < -0.4 is 10.1 Å². The summed E-state index contributed by atoms with van der Waals surface area (Å²) in [5.74, 6) is 0.662. The van der Waals surface area contributed by atoms with Gasteiger partial charge < -0.3 is 10.1 Å². The van der Waals surface area contributed by atoms with E-state index >= 15 is 0 Å². The van der Waals surface area contributed by atoms with E-state index in [0.717, 1.165) is 29.8 Å². The second kappa shape index (κ2) is 8.72. The summed E-state index contributed by atoms with van der Waals surface area (Å²) < 4.78 is 5.84. The molecule has 3 rings (SSSR count). The average molecular weight is 366 g/mol. The Kier molecular flexibility index (Phi) is 6.12. The normalized spacial score (nSPS) is 16.9. The smallest absolute Gasteiger partial charge is 0.264 e. The lowest BCUT2D eigenvalue weighted by molar-refractivity contribution is -0.115. The number of aryl methyl sites for hydroxylation is 1. The van der Waals surface area contributed by atoms with Crippen molar-refractivity contribution in [2.75, 3.05) is 6.61 Å². The number of benzene rings is 2. The zero-order valence-corrected chi connectivity index (χ0v) is 15.8. The van der Waals surface area contributed by atoms with Crippen LogP contribution in [0.1, 0.15) is 30.9 Å². The van der Waals surface area contributed by atoms with Gasteiger partial charge >= 0.3 is 0 Å². The number of nitrogens with zero attached hydrogens (tertiary/aromatic N) is 1. The summed E-state index contributed by atoms with van der Waals surface area (Å²) >= 11 is 1.34. The molecule has 1 aliphatic heterocycles. The molecule has 0 aliphatic carbocycles. The van der Waals surface area contributed by atoms with Crippen molar-refractivity contribution in [2.45, 2.75) is 26.7 Å². The molecule has 0 unspecified atom stereocenters. The summed E-state index contributed by atoms with van der Waals surface area (Å²) in [7, 11) is 0. The number of hydrogen-bond donors (Lipinski definition) is 1. The van der Waals surface area contributed by atoms with Crippen molar-refractivity contribution < 1.29 is 9.53 Å². The molecule has 1 fully saturated rings. The van der Waals surface area contributed by atoms with Crippen LogP contribution in [0.25, 0.3) is 6.08 Å². The summed E-state index contributed by atoms with van der Waals surface area (Å²) in [5, 5.41) is 3.42. The number of thioether (sulfide) groups is 1. The van der Waals surface area contributed by atoms with Crippen molar-refractivity contribution in [2.24, 2.45) is 4.99 Å². The monoisotopic (exact) mass is 366 g/mol. The molecule has 2 aromatic carbocycles. The van der Waals surface area contributed by atoms with Gasteiger partial charge in [-0.05, 0) is 49.4 Å². The molecule has 1 heterocycles. The maximum absolute atomic E-state index is 12.3. The van der Waals surface area contributed by atoms with Gasteiger partial charge in [-0.15, -0.1) is 0 Å². The standard InChI is InChI=1S/C21H22N2O2S/c1-3-4-13-25-18-8-6-5-7-16(18)14-19-20(24)23-21(26-19)22-17-11-9-15(2)10-12-17/h5-12,14H,3-4,13H2,1-2H3,(H,22,23,24)/b19-14-. The molecule has 1 amide bonds. The van der Waals surface area contributed by atoms with Gasteiger partial charge in [0, 0.05) is 5.56 Å². The van der Waals surface area contributed by atoms with Gasteiger partial charge in [-0.1, -0.05) is 49.2 Å². The summed E-state index contributed by atoms with van der Waals surface area (Å²) in [5.41, 5.74) is 2.90. The number of aliphatic imine (C=N–C) groups is 1. The Hall–Kier alpha value is -2.53. The summed E-state index contributed by atoms with van der Waals surface area (Å²) in [4.78, 5) is 17.4. The van der Waals surface area contributed by atoms with Gasteiger partial charge in [-0.25, -0.2) is 4.99 Å². The Labute approximate surface area is 158 Å².